The monoisotopic (exact) mass is 377 g/mol. The number of imide groups is 1. The zero-order chi connectivity index (χ0) is 19.9. The van der Waals surface area contributed by atoms with Crippen LogP contribution >= 0.6 is 0 Å². The molecule has 6 nitrogen and oxygen atoms in total. The number of carbonyl (C=O) groups is 3. The number of aryl methyl sites for hydroxylation is 3. The molecule has 0 saturated carbocycles. The maximum atomic E-state index is 13.0. The lowest BCUT2D eigenvalue weighted by Gasteiger charge is -2.23. The quantitative estimate of drug-likeness (QED) is 0.804. The molecule has 2 N–H and O–H groups in total. The van der Waals surface area contributed by atoms with Crippen molar-refractivity contribution in [2.75, 3.05) is 11.9 Å². The van der Waals surface area contributed by atoms with Crippen molar-refractivity contribution in [1.29, 1.82) is 0 Å². The van der Waals surface area contributed by atoms with Crippen molar-refractivity contribution in [2.24, 2.45) is 0 Å². The van der Waals surface area contributed by atoms with Crippen molar-refractivity contribution in [2.45, 2.75) is 38.6 Å². The van der Waals surface area contributed by atoms with Crippen LogP contribution in [0.2, 0.25) is 0 Å². The first-order valence-electron chi connectivity index (χ1n) is 9.50. The summed E-state index contributed by atoms with van der Waals surface area (Å²) in [7, 11) is 0. The van der Waals surface area contributed by atoms with Gasteiger partial charge in [0.2, 0.25) is 5.91 Å². The molecular weight excluding hydrogens is 354 g/mol. The molecule has 28 heavy (non-hydrogen) atoms. The number of hydrogen-bond acceptors (Lipinski definition) is 3. The molecule has 1 aliphatic heterocycles. The highest BCUT2D eigenvalue weighted by molar-refractivity contribution is 6.10. The smallest absolute Gasteiger partial charge is 0.325 e. The molecule has 0 bridgehead atoms. The van der Waals surface area contributed by atoms with Crippen molar-refractivity contribution in [3.05, 3.63) is 64.7 Å². The third-order valence-corrected chi connectivity index (χ3v) is 5.55. The minimum atomic E-state index is -1.15. The Bertz CT molecular complexity index is 985. The van der Waals surface area contributed by atoms with E-state index in [2.05, 4.69) is 10.6 Å². The van der Waals surface area contributed by atoms with Crippen molar-refractivity contribution in [3.8, 4) is 0 Å². The van der Waals surface area contributed by atoms with E-state index in [4.69, 9.17) is 0 Å². The minimum absolute atomic E-state index is 0.320. The number of urea groups is 1. The molecule has 4 amide bonds. The zero-order valence-electron chi connectivity index (χ0n) is 16.0. The second-order valence-corrected chi connectivity index (χ2v) is 7.70. The van der Waals surface area contributed by atoms with Gasteiger partial charge < -0.3 is 10.6 Å². The molecular formula is C22H23N3O3. The van der Waals surface area contributed by atoms with Gasteiger partial charge in [-0.25, -0.2) is 4.79 Å². The fourth-order valence-electron chi connectivity index (χ4n) is 3.99. The number of fused-ring (bicyclic) bond motifs is 1. The molecule has 1 aliphatic carbocycles. The van der Waals surface area contributed by atoms with Crippen LogP contribution in [-0.4, -0.2) is 29.3 Å². The Labute approximate surface area is 163 Å². The van der Waals surface area contributed by atoms with Gasteiger partial charge in [0.25, 0.3) is 5.91 Å². The highest BCUT2D eigenvalue weighted by Crippen LogP contribution is 2.32. The third kappa shape index (κ3) is 3.15. The SMILES string of the molecule is Cc1cccc(NC(=O)CN2C(=O)N[C@](C)(c3ccc4c(c3)CCC4)C2=O)c1. The van der Waals surface area contributed by atoms with Crippen LogP contribution in [0.4, 0.5) is 10.5 Å². The molecule has 1 heterocycles. The molecule has 144 valence electrons. The Morgan fingerprint density at radius 1 is 1.14 bits per heavy atom. The fraction of sp³-hybridized carbons (Fsp3) is 0.318. The second-order valence-electron chi connectivity index (χ2n) is 7.70. The van der Waals surface area contributed by atoms with E-state index in [1.165, 1.54) is 11.1 Å². The summed E-state index contributed by atoms with van der Waals surface area (Å²) >= 11 is 0. The molecule has 2 aliphatic rings. The minimum Gasteiger partial charge on any atom is -0.325 e. The predicted octanol–water partition coefficient (Wildman–Crippen LogP) is 2.89. The summed E-state index contributed by atoms with van der Waals surface area (Å²) in [6.45, 7) is 3.30. The van der Waals surface area contributed by atoms with Crippen LogP contribution in [-0.2, 0) is 28.0 Å². The van der Waals surface area contributed by atoms with Gasteiger partial charge in [0, 0.05) is 5.69 Å². The van der Waals surface area contributed by atoms with Gasteiger partial charge in [0.1, 0.15) is 12.1 Å². The summed E-state index contributed by atoms with van der Waals surface area (Å²) in [4.78, 5) is 38.9. The van der Waals surface area contributed by atoms with Crippen LogP contribution in [0.1, 0.15) is 35.6 Å². The van der Waals surface area contributed by atoms with Crippen LogP contribution in [0.5, 0.6) is 0 Å². The molecule has 4 rings (SSSR count). The number of benzene rings is 2. The van der Waals surface area contributed by atoms with Gasteiger partial charge in [0.05, 0.1) is 0 Å². The first kappa shape index (κ1) is 18.2. The molecule has 6 heteroatoms. The third-order valence-electron chi connectivity index (χ3n) is 5.55. The number of nitrogens with one attached hydrogen (secondary N) is 2. The molecule has 2 aromatic carbocycles. The van der Waals surface area contributed by atoms with E-state index in [0.717, 1.165) is 35.3 Å². The number of carbonyl (C=O) groups excluding carboxylic acids is 3. The average Bonchev–Trinajstić information content (AvgIpc) is 3.20. The van der Waals surface area contributed by atoms with Crippen LogP contribution in [0.3, 0.4) is 0 Å². The Balaban J connectivity index is 1.51. The van der Waals surface area contributed by atoms with Crippen LogP contribution < -0.4 is 10.6 Å². The number of anilines is 1. The molecule has 1 atom stereocenters. The molecule has 0 radical (unpaired) electrons. The van der Waals surface area contributed by atoms with Crippen molar-refractivity contribution in [1.82, 2.24) is 10.2 Å². The van der Waals surface area contributed by atoms with Gasteiger partial charge in [-0.15, -0.1) is 0 Å². The standard InChI is InChI=1S/C22H23N3O3/c1-14-5-3-8-18(11-14)23-19(26)13-25-20(27)22(2,24-21(25)28)17-10-9-15-6-4-7-16(15)12-17/h3,5,8-12H,4,6-7,13H2,1-2H3,(H,23,26)(H,24,28)/t22-/m1/s1. The van der Waals surface area contributed by atoms with E-state index in [0.29, 0.717) is 5.69 Å². The number of nitrogens with zero attached hydrogens (tertiary/aromatic N) is 1. The van der Waals surface area contributed by atoms with E-state index < -0.39 is 23.4 Å². The van der Waals surface area contributed by atoms with Crippen molar-refractivity contribution >= 4 is 23.5 Å². The van der Waals surface area contributed by atoms with Gasteiger partial charge >= 0.3 is 6.03 Å². The summed E-state index contributed by atoms with van der Waals surface area (Å²) in [6, 6.07) is 12.8. The van der Waals surface area contributed by atoms with E-state index in [1.807, 2.05) is 43.3 Å². The molecule has 1 saturated heterocycles. The highest BCUT2D eigenvalue weighted by atomic mass is 16.2. The van der Waals surface area contributed by atoms with Crippen LogP contribution in [0, 0.1) is 6.92 Å². The first-order chi connectivity index (χ1) is 13.4. The summed E-state index contributed by atoms with van der Waals surface area (Å²) in [5, 5.41) is 5.51. The van der Waals surface area contributed by atoms with E-state index in [-0.39, 0.29) is 6.54 Å². The lowest BCUT2D eigenvalue weighted by Crippen LogP contribution is -2.42. The lowest BCUT2D eigenvalue weighted by molar-refractivity contribution is -0.133. The van der Waals surface area contributed by atoms with Gasteiger partial charge in [-0.2, -0.15) is 0 Å². The number of hydrogen-bond donors (Lipinski definition) is 2. The van der Waals surface area contributed by atoms with E-state index >= 15 is 0 Å². The Kier molecular flexibility index (Phi) is 4.41. The summed E-state index contributed by atoms with van der Waals surface area (Å²) in [5.74, 6) is -0.817. The first-order valence-corrected chi connectivity index (χ1v) is 9.50. The maximum absolute atomic E-state index is 13.0. The zero-order valence-corrected chi connectivity index (χ0v) is 16.0. The lowest BCUT2D eigenvalue weighted by atomic mass is 9.89. The number of amides is 4. The van der Waals surface area contributed by atoms with E-state index in [9.17, 15) is 14.4 Å². The van der Waals surface area contributed by atoms with Crippen molar-refractivity contribution < 1.29 is 14.4 Å². The molecule has 0 unspecified atom stereocenters. The van der Waals surface area contributed by atoms with E-state index in [1.54, 1.807) is 13.0 Å². The highest BCUT2D eigenvalue weighted by Gasteiger charge is 2.49. The summed E-state index contributed by atoms with van der Waals surface area (Å²) in [6.07, 6.45) is 3.16. The Morgan fingerprint density at radius 3 is 2.71 bits per heavy atom. The molecule has 0 aromatic heterocycles. The van der Waals surface area contributed by atoms with Gasteiger partial charge in [-0.1, -0.05) is 30.3 Å². The molecule has 2 aromatic rings. The molecule has 0 spiro atoms. The largest absolute Gasteiger partial charge is 0.325 e. The van der Waals surface area contributed by atoms with Gasteiger partial charge in [-0.3, -0.25) is 14.5 Å². The summed E-state index contributed by atoms with van der Waals surface area (Å²) in [5.41, 5.74) is 3.79. The Hall–Kier alpha value is -3.15. The second kappa shape index (κ2) is 6.78. The number of rotatable bonds is 4. The van der Waals surface area contributed by atoms with Crippen LogP contribution in [0.15, 0.2) is 42.5 Å². The van der Waals surface area contributed by atoms with Gasteiger partial charge in [0.15, 0.2) is 0 Å². The topological polar surface area (TPSA) is 78.5 Å². The summed E-state index contributed by atoms with van der Waals surface area (Å²) < 4.78 is 0. The maximum Gasteiger partial charge on any atom is 0.325 e. The fourth-order valence-corrected chi connectivity index (χ4v) is 3.99. The van der Waals surface area contributed by atoms with Gasteiger partial charge in [-0.05, 0) is 67.5 Å². The average molecular weight is 377 g/mol. The van der Waals surface area contributed by atoms with Crippen LogP contribution in [0.25, 0.3) is 0 Å². The normalized spacial score (nSPS) is 20.9. The van der Waals surface area contributed by atoms with Crippen molar-refractivity contribution in [3.63, 3.8) is 0 Å². The Morgan fingerprint density at radius 2 is 1.93 bits per heavy atom. The molecule has 1 fully saturated rings. The predicted molar refractivity (Wildman–Crippen MR) is 106 cm³/mol.